The Hall–Kier alpha value is -3.39. The molecular formula is C20H21ClN4O4. The van der Waals surface area contributed by atoms with Crippen LogP contribution in [-0.2, 0) is 14.4 Å². The van der Waals surface area contributed by atoms with Crippen molar-refractivity contribution < 1.29 is 19.1 Å². The van der Waals surface area contributed by atoms with Crippen LogP contribution in [0.3, 0.4) is 0 Å². The number of benzene rings is 2. The van der Waals surface area contributed by atoms with Crippen molar-refractivity contribution in [3.05, 3.63) is 58.6 Å². The van der Waals surface area contributed by atoms with Crippen LogP contribution < -0.4 is 20.8 Å². The van der Waals surface area contributed by atoms with Crippen molar-refractivity contribution in [1.82, 2.24) is 10.7 Å². The van der Waals surface area contributed by atoms with Crippen molar-refractivity contribution >= 4 is 41.2 Å². The second-order valence-corrected chi connectivity index (χ2v) is 6.30. The molecule has 2 rings (SSSR count). The highest BCUT2D eigenvalue weighted by atomic mass is 35.5. The van der Waals surface area contributed by atoms with Crippen molar-refractivity contribution in [1.29, 1.82) is 0 Å². The molecule has 0 heterocycles. The van der Waals surface area contributed by atoms with Gasteiger partial charge in [0.15, 0.2) is 6.61 Å². The summed E-state index contributed by atoms with van der Waals surface area (Å²) in [5, 5.41) is 9.35. The molecule has 0 atom stereocenters. The number of halogens is 1. The standard InChI is InChI=1S/C20H21ClN4O4/c1-3-22-19(27)20(28)25-23-11-14-6-4-5-7-17(14)29-12-18(26)24-15-9-8-13(2)16(21)10-15/h4-11H,3,12H2,1-2H3,(H,22,27)(H,24,26)(H,25,28)/b23-11-. The number of aryl methyl sites for hydroxylation is 1. The van der Waals surface area contributed by atoms with E-state index in [1.165, 1.54) is 6.21 Å². The molecule has 3 amide bonds. The average Bonchev–Trinajstić information content (AvgIpc) is 2.70. The van der Waals surface area contributed by atoms with E-state index >= 15 is 0 Å². The average molecular weight is 417 g/mol. The van der Waals surface area contributed by atoms with Gasteiger partial charge in [0, 0.05) is 22.8 Å². The molecule has 2 aromatic carbocycles. The number of nitrogens with zero attached hydrogens (tertiary/aromatic N) is 1. The van der Waals surface area contributed by atoms with E-state index < -0.39 is 11.8 Å². The number of para-hydroxylation sites is 1. The Morgan fingerprint density at radius 1 is 1.14 bits per heavy atom. The van der Waals surface area contributed by atoms with E-state index in [0.29, 0.717) is 28.6 Å². The minimum atomic E-state index is -0.877. The van der Waals surface area contributed by atoms with Crippen LogP contribution in [0.1, 0.15) is 18.1 Å². The van der Waals surface area contributed by atoms with E-state index in [4.69, 9.17) is 16.3 Å². The van der Waals surface area contributed by atoms with E-state index in [-0.39, 0.29) is 12.5 Å². The first-order valence-corrected chi connectivity index (χ1v) is 9.17. The number of hydrazone groups is 1. The molecule has 0 fully saturated rings. The monoisotopic (exact) mass is 416 g/mol. The van der Waals surface area contributed by atoms with Crippen LogP contribution in [0.5, 0.6) is 5.75 Å². The number of hydrogen-bond acceptors (Lipinski definition) is 5. The van der Waals surface area contributed by atoms with Gasteiger partial charge in [0.2, 0.25) is 0 Å². The molecular weight excluding hydrogens is 396 g/mol. The fourth-order valence-electron chi connectivity index (χ4n) is 2.18. The van der Waals surface area contributed by atoms with Gasteiger partial charge in [-0.05, 0) is 43.7 Å². The van der Waals surface area contributed by atoms with E-state index in [1.807, 2.05) is 6.92 Å². The first-order chi connectivity index (χ1) is 13.9. The summed E-state index contributed by atoms with van der Waals surface area (Å²) in [6, 6.07) is 12.0. The number of likely N-dealkylation sites (N-methyl/N-ethyl adjacent to an activating group) is 1. The van der Waals surface area contributed by atoms with Crippen LogP contribution in [0.4, 0.5) is 5.69 Å². The number of amides is 3. The largest absolute Gasteiger partial charge is 0.483 e. The van der Waals surface area contributed by atoms with Gasteiger partial charge in [-0.2, -0.15) is 5.10 Å². The molecule has 9 heteroatoms. The molecule has 0 saturated heterocycles. The lowest BCUT2D eigenvalue weighted by atomic mass is 10.2. The minimum Gasteiger partial charge on any atom is -0.483 e. The maximum absolute atomic E-state index is 12.1. The molecule has 152 valence electrons. The number of hydrogen-bond donors (Lipinski definition) is 3. The Balaban J connectivity index is 1.93. The van der Waals surface area contributed by atoms with Crippen molar-refractivity contribution in [3.63, 3.8) is 0 Å². The van der Waals surface area contributed by atoms with Gasteiger partial charge in [0.1, 0.15) is 5.75 Å². The van der Waals surface area contributed by atoms with E-state index in [9.17, 15) is 14.4 Å². The summed E-state index contributed by atoms with van der Waals surface area (Å²) in [7, 11) is 0. The molecule has 0 aliphatic rings. The van der Waals surface area contributed by atoms with Gasteiger partial charge < -0.3 is 15.4 Å². The van der Waals surface area contributed by atoms with Crippen LogP contribution >= 0.6 is 11.6 Å². The Morgan fingerprint density at radius 2 is 1.90 bits per heavy atom. The SMILES string of the molecule is CCNC(=O)C(=O)N/N=C\c1ccccc1OCC(=O)Nc1ccc(C)c(Cl)c1. The first kappa shape index (κ1) is 21.9. The summed E-state index contributed by atoms with van der Waals surface area (Å²) in [5.74, 6) is -1.62. The summed E-state index contributed by atoms with van der Waals surface area (Å²) in [6.07, 6.45) is 1.32. The topological polar surface area (TPSA) is 109 Å². The summed E-state index contributed by atoms with van der Waals surface area (Å²) in [6.45, 7) is 3.67. The summed E-state index contributed by atoms with van der Waals surface area (Å²) in [4.78, 5) is 35.0. The van der Waals surface area contributed by atoms with Crippen LogP contribution in [-0.4, -0.2) is 37.1 Å². The number of carbonyl (C=O) groups excluding carboxylic acids is 3. The Labute approximate surface area is 173 Å². The fraction of sp³-hybridized carbons (Fsp3) is 0.200. The quantitative estimate of drug-likeness (QED) is 0.365. The molecule has 0 spiro atoms. The van der Waals surface area contributed by atoms with E-state index in [2.05, 4.69) is 21.2 Å². The minimum absolute atomic E-state index is 0.235. The van der Waals surface area contributed by atoms with Crippen LogP contribution in [0.2, 0.25) is 5.02 Å². The zero-order valence-corrected chi connectivity index (χ0v) is 16.7. The molecule has 0 aromatic heterocycles. The molecule has 0 aliphatic carbocycles. The first-order valence-electron chi connectivity index (χ1n) is 8.79. The van der Waals surface area contributed by atoms with Gasteiger partial charge in [-0.25, -0.2) is 5.43 Å². The van der Waals surface area contributed by atoms with Gasteiger partial charge in [-0.3, -0.25) is 14.4 Å². The lowest BCUT2D eigenvalue weighted by Crippen LogP contribution is -2.37. The number of anilines is 1. The second kappa shape index (κ2) is 10.8. The predicted octanol–water partition coefficient (Wildman–Crippen LogP) is 2.25. The number of nitrogens with one attached hydrogen (secondary N) is 3. The third kappa shape index (κ3) is 6.93. The third-order valence-corrected chi connectivity index (χ3v) is 4.05. The summed E-state index contributed by atoms with van der Waals surface area (Å²) < 4.78 is 5.54. The van der Waals surface area contributed by atoms with Crippen LogP contribution in [0, 0.1) is 6.92 Å². The predicted molar refractivity (Wildman–Crippen MR) is 111 cm³/mol. The summed E-state index contributed by atoms with van der Waals surface area (Å²) in [5.41, 5.74) is 4.12. The molecule has 2 aromatic rings. The van der Waals surface area contributed by atoms with Crippen molar-refractivity contribution in [2.45, 2.75) is 13.8 Å². The normalized spacial score (nSPS) is 10.4. The molecule has 8 nitrogen and oxygen atoms in total. The van der Waals surface area contributed by atoms with Crippen LogP contribution in [0.15, 0.2) is 47.6 Å². The fourth-order valence-corrected chi connectivity index (χ4v) is 2.36. The summed E-state index contributed by atoms with van der Waals surface area (Å²) >= 11 is 6.05. The second-order valence-electron chi connectivity index (χ2n) is 5.90. The van der Waals surface area contributed by atoms with Gasteiger partial charge >= 0.3 is 11.8 Å². The zero-order chi connectivity index (χ0) is 21.2. The Bertz CT molecular complexity index is 930. The highest BCUT2D eigenvalue weighted by Crippen LogP contribution is 2.20. The molecule has 0 aliphatic heterocycles. The number of rotatable bonds is 7. The van der Waals surface area contributed by atoms with Gasteiger partial charge in [0.05, 0.1) is 6.21 Å². The van der Waals surface area contributed by atoms with E-state index in [1.54, 1.807) is 49.4 Å². The Kier molecular flexibility index (Phi) is 8.17. The van der Waals surface area contributed by atoms with Gasteiger partial charge in [0.25, 0.3) is 5.91 Å². The smallest absolute Gasteiger partial charge is 0.329 e. The zero-order valence-electron chi connectivity index (χ0n) is 16.0. The van der Waals surface area contributed by atoms with Crippen molar-refractivity contribution in [3.8, 4) is 5.75 Å². The van der Waals surface area contributed by atoms with Crippen LogP contribution in [0.25, 0.3) is 0 Å². The van der Waals surface area contributed by atoms with Gasteiger partial charge in [-0.1, -0.05) is 29.8 Å². The number of carbonyl (C=O) groups is 3. The Morgan fingerprint density at radius 3 is 2.62 bits per heavy atom. The maximum Gasteiger partial charge on any atom is 0.329 e. The number of ether oxygens (including phenoxy) is 1. The molecule has 0 bridgehead atoms. The molecule has 0 unspecified atom stereocenters. The lowest BCUT2D eigenvalue weighted by Gasteiger charge is -2.10. The van der Waals surface area contributed by atoms with E-state index in [0.717, 1.165) is 5.56 Å². The third-order valence-electron chi connectivity index (χ3n) is 3.65. The molecule has 29 heavy (non-hydrogen) atoms. The lowest BCUT2D eigenvalue weighted by molar-refractivity contribution is -0.139. The highest BCUT2D eigenvalue weighted by Gasteiger charge is 2.11. The molecule has 0 saturated carbocycles. The van der Waals surface area contributed by atoms with Crippen molar-refractivity contribution in [2.75, 3.05) is 18.5 Å². The van der Waals surface area contributed by atoms with Gasteiger partial charge in [-0.15, -0.1) is 0 Å². The highest BCUT2D eigenvalue weighted by molar-refractivity contribution is 6.35. The molecule has 3 N–H and O–H groups in total. The maximum atomic E-state index is 12.1. The van der Waals surface area contributed by atoms with Crippen molar-refractivity contribution in [2.24, 2.45) is 5.10 Å². The molecule has 0 radical (unpaired) electrons.